The van der Waals surface area contributed by atoms with E-state index < -0.39 is 0 Å². The first-order chi connectivity index (χ1) is 9.93. The normalized spacial score (nSPS) is 10.3. The monoisotopic (exact) mass is 367 g/mol. The smallest absolute Gasteiger partial charge is 0.255 e. The second kappa shape index (κ2) is 6.50. The molecule has 0 aliphatic heterocycles. The van der Waals surface area contributed by atoms with Gasteiger partial charge < -0.3 is 10.1 Å². The minimum atomic E-state index is -0.210. The number of aryl methyl sites for hydroxylation is 1. The summed E-state index contributed by atoms with van der Waals surface area (Å²) in [5.41, 5.74) is 3.15. The van der Waals surface area contributed by atoms with Crippen molar-refractivity contribution in [2.24, 2.45) is 0 Å². The Labute approximate surface area is 137 Å². The molecule has 0 aliphatic carbocycles. The summed E-state index contributed by atoms with van der Waals surface area (Å²) in [6.07, 6.45) is 0. The first kappa shape index (κ1) is 15.9. The van der Waals surface area contributed by atoms with Crippen LogP contribution in [0.25, 0.3) is 0 Å². The number of halogens is 2. The molecule has 0 saturated carbocycles. The Morgan fingerprint density at radius 2 is 1.95 bits per heavy atom. The summed E-state index contributed by atoms with van der Waals surface area (Å²) in [4.78, 5) is 12.3. The van der Waals surface area contributed by atoms with E-state index in [-0.39, 0.29) is 5.91 Å². The van der Waals surface area contributed by atoms with Gasteiger partial charge in [0.2, 0.25) is 0 Å². The van der Waals surface area contributed by atoms with Crippen LogP contribution in [-0.2, 0) is 0 Å². The van der Waals surface area contributed by atoms with Crippen molar-refractivity contribution in [1.82, 2.24) is 0 Å². The van der Waals surface area contributed by atoms with Crippen LogP contribution in [0, 0.1) is 13.8 Å². The Kier molecular flexibility index (Phi) is 4.91. The highest BCUT2D eigenvalue weighted by Gasteiger charge is 2.12. The highest BCUT2D eigenvalue weighted by Crippen LogP contribution is 2.30. The molecule has 0 bridgehead atoms. The highest BCUT2D eigenvalue weighted by atomic mass is 79.9. The van der Waals surface area contributed by atoms with E-state index in [1.54, 1.807) is 25.3 Å². The maximum absolute atomic E-state index is 12.3. The lowest BCUT2D eigenvalue weighted by molar-refractivity contribution is 0.102. The van der Waals surface area contributed by atoms with Crippen LogP contribution in [0.4, 0.5) is 5.69 Å². The zero-order valence-electron chi connectivity index (χ0n) is 12.0. The molecule has 5 heteroatoms. The molecule has 0 atom stereocenters. The molecular weight excluding hydrogens is 354 g/mol. The van der Waals surface area contributed by atoms with Gasteiger partial charge in [0.05, 0.1) is 12.1 Å². The first-order valence-electron chi connectivity index (χ1n) is 6.34. The largest absolute Gasteiger partial charge is 0.496 e. The van der Waals surface area contributed by atoms with E-state index in [0.29, 0.717) is 10.6 Å². The molecule has 0 aromatic heterocycles. The van der Waals surface area contributed by atoms with Gasteiger partial charge in [0, 0.05) is 21.3 Å². The summed E-state index contributed by atoms with van der Waals surface area (Å²) in [6, 6.07) is 8.87. The van der Waals surface area contributed by atoms with Crippen LogP contribution in [0.1, 0.15) is 21.5 Å². The zero-order chi connectivity index (χ0) is 15.6. The van der Waals surface area contributed by atoms with Gasteiger partial charge in [0.15, 0.2) is 0 Å². The van der Waals surface area contributed by atoms with Crippen molar-refractivity contribution in [3.63, 3.8) is 0 Å². The average molecular weight is 369 g/mol. The lowest BCUT2D eigenvalue weighted by atomic mass is 10.1. The van der Waals surface area contributed by atoms with E-state index in [0.717, 1.165) is 27.0 Å². The topological polar surface area (TPSA) is 38.3 Å². The number of nitrogens with one attached hydrogen (secondary N) is 1. The number of methoxy groups -OCH3 is 1. The second-order valence-corrected chi connectivity index (χ2v) is 5.93. The molecule has 2 rings (SSSR count). The molecule has 0 unspecified atom stereocenters. The Morgan fingerprint density at radius 1 is 1.24 bits per heavy atom. The zero-order valence-corrected chi connectivity index (χ0v) is 14.3. The summed E-state index contributed by atoms with van der Waals surface area (Å²) in [6.45, 7) is 3.88. The number of benzene rings is 2. The Bertz CT molecular complexity index is 701. The quantitative estimate of drug-likeness (QED) is 0.829. The molecule has 2 aromatic carbocycles. The SMILES string of the molecule is COc1c(C)ccc(NC(=O)c2ccc(Br)c(Cl)c2)c1C. The summed E-state index contributed by atoms with van der Waals surface area (Å²) in [7, 11) is 1.62. The van der Waals surface area contributed by atoms with Gasteiger partial charge in [-0.3, -0.25) is 4.79 Å². The number of rotatable bonds is 3. The van der Waals surface area contributed by atoms with Crippen LogP contribution in [-0.4, -0.2) is 13.0 Å². The van der Waals surface area contributed by atoms with Crippen molar-refractivity contribution in [3.8, 4) is 5.75 Å². The van der Waals surface area contributed by atoms with Crippen LogP contribution >= 0.6 is 27.5 Å². The maximum atomic E-state index is 12.3. The maximum Gasteiger partial charge on any atom is 0.255 e. The molecule has 0 saturated heterocycles. The molecule has 0 aliphatic rings. The summed E-state index contributed by atoms with van der Waals surface area (Å²) in [5, 5.41) is 3.38. The van der Waals surface area contributed by atoms with Gasteiger partial charge >= 0.3 is 0 Å². The number of carbonyl (C=O) groups excluding carboxylic acids is 1. The van der Waals surface area contributed by atoms with Crippen LogP contribution < -0.4 is 10.1 Å². The third-order valence-electron chi connectivity index (χ3n) is 3.24. The van der Waals surface area contributed by atoms with Gasteiger partial charge in [0.25, 0.3) is 5.91 Å². The Morgan fingerprint density at radius 3 is 2.57 bits per heavy atom. The molecule has 0 radical (unpaired) electrons. The fraction of sp³-hybridized carbons (Fsp3) is 0.188. The standard InChI is InChI=1S/C16H15BrClNO2/c1-9-4-7-14(10(2)15(9)21-3)19-16(20)11-5-6-12(17)13(18)8-11/h4-8H,1-3H3,(H,19,20). The van der Waals surface area contributed by atoms with Gasteiger partial charge in [-0.1, -0.05) is 17.7 Å². The van der Waals surface area contributed by atoms with E-state index in [1.165, 1.54) is 0 Å². The van der Waals surface area contributed by atoms with Crippen LogP contribution in [0.3, 0.4) is 0 Å². The molecular formula is C16H15BrClNO2. The second-order valence-electron chi connectivity index (χ2n) is 4.67. The van der Waals surface area contributed by atoms with Gasteiger partial charge in [-0.05, 0) is 59.6 Å². The lowest BCUT2D eigenvalue weighted by Gasteiger charge is -2.14. The average Bonchev–Trinajstić information content (AvgIpc) is 2.45. The van der Waals surface area contributed by atoms with Crippen LogP contribution in [0.15, 0.2) is 34.8 Å². The molecule has 2 aromatic rings. The van der Waals surface area contributed by atoms with Crippen molar-refractivity contribution in [2.75, 3.05) is 12.4 Å². The highest BCUT2D eigenvalue weighted by molar-refractivity contribution is 9.10. The van der Waals surface area contributed by atoms with Gasteiger partial charge in [-0.15, -0.1) is 0 Å². The molecule has 1 N–H and O–H groups in total. The Balaban J connectivity index is 2.29. The predicted octanol–water partition coefficient (Wildman–Crippen LogP) is 4.98. The van der Waals surface area contributed by atoms with Gasteiger partial charge in [-0.2, -0.15) is 0 Å². The number of hydrogen-bond acceptors (Lipinski definition) is 2. The van der Waals surface area contributed by atoms with E-state index in [9.17, 15) is 4.79 Å². The summed E-state index contributed by atoms with van der Waals surface area (Å²) >= 11 is 9.32. The third-order valence-corrected chi connectivity index (χ3v) is 4.47. The van der Waals surface area contributed by atoms with Crippen molar-refractivity contribution in [1.29, 1.82) is 0 Å². The minimum Gasteiger partial charge on any atom is -0.496 e. The number of amides is 1. The number of anilines is 1. The van der Waals surface area contributed by atoms with Crippen molar-refractivity contribution in [3.05, 3.63) is 56.5 Å². The van der Waals surface area contributed by atoms with Crippen molar-refractivity contribution < 1.29 is 9.53 Å². The van der Waals surface area contributed by atoms with Gasteiger partial charge in [-0.25, -0.2) is 0 Å². The van der Waals surface area contributed by atoms with E-state index in [2.05, 4.69) is 21.2 Å². The molecule has 21 heavy (non-hydrogen) atoms. The lowest BCUT2D eigenvalue weighted by Crippen LogP contribution is -2.13. The van der Waals surface area contributed by atoms with E-state index in [1.807, 2.05) is 26.0 Å². The fourth-order valence-corrected chi connectivity index (χ4v) is 2.54. The van der Waals surface area contributed by atoms with Gasteiger partial charge in [0.1, 0.15) is 5.75 Å². The first-order valence-corrected chi connectivity index (χ1v) is 7.51. The number of carbonyl (C=O) groups is 1. The van der Waals surface area contributed by atoms with E-state index >= 15 is 0 Å². The predicted molar refractivity (Wildman–Crippen MR) is 89.6 cm³/mol. The van der Waals surface area contributed by atoms with Crippen molar-refractivity contribution in [2.45, 2.75) is 13.8 Å². The van der Waals surface area contributed by atoms with E-state index in [4.69, 9.17) is 16.3 Å². The molecule has 1 amide bonds. The fourth-order valence-electron chi connectivity index (χ4n) is 2.11. The number of hydrogen-bond donors (Lipinski definition) is 1. The molecule has 0 spiro atoms. The summed E-state index contributed by atoms with van der Waals surface area (Å²) < 4.78 is 6.12. The molecule has 3 nitrogen and oxygen atoms in total. The van der Waals surface area contributed by atoms with Crippen LogP contribution in [0.2, 0.25) is 5.02 Å². The Hall–Kier alpha value is -1.52. The molecule has 0 heterocycles. The minimum absolute atomic E-state index is 0.210. The summed E-state index contributed by atoms with van der Waals surface area (Å²) in [5.74, 6) is 0.569. The molecule has 0 fully saturated rings. The molecule has 110 valence electrons. The number of ether oxygens (including phenoxy) is 1. The third kappa shape index (κ3) is 3.39. The van der Waals surface area contributed by atoms with Crippen molar-refractivity contribution >= 4 is 39.1 Å². The van der Waals surface area contributed by atoms with Crippen LogP contribution in [0.5, 0.6) is 5.75 Å².